The predicted molar refractivity (Wildman–Crippen MR) is 111 cm³/mol. The lowest BCUT2D eigenvalue weighted by Gasteiger charge is -2.39. The van der Waals surface area contributed by atoms with Gasteiger partial charge in [-0.2, -0.15) is 0 Å². The summed E-state index contributed by atoms with van der Waals surface area (Å²) in [7, 11) is 1.60. The van der Waals surface area contributed by atoms with Crippen LogP contribution in [0.2, 0.25) is 0 Å². The molecule has 2 aliphatic rings. The molecule has 8 nitrogen and oxygen atoms in total. The zero-order valence-corrected chi connectivity index (χ0v) is 17.5. The van der Waals surface area contributed by atoms with Gasteiger partial charge in [0, 0.05) is 44.1 Å². The Bertz CT molecular complexity index is 915. The molecule has 160 valence electrons. The first-order valence-corrected chi connectivity index (χ1v) is 10.3. The van der Waals surface area contributed by atoms with Crippen molar-refractivity contribution < 1.29 is 19.4 Å². The Hall–Kier alpha value is -2.87. The van der Waals surface area contributed by atoms with E-state index < -0.39 is 5.60 Å². The van der Waals surface area contributed by atoms with Gasteiger partial charge in [-0.15, -0.1) is 0 Å². The topological polar surface area (TPSA) is 87.9 Å². The lowest BCUT2D eigenvalue weighted by Crippen LogP contribution is -2.50. The van der Waals surface area contributed by atoms with Gasteiger partial charge in [-0.1, -0.05) is 0 Å². The molecule has 2 amide bonds. The van der Waals surface area contributed by atoms with Crippen LogP contribution >= 0.6 is 0 Å². The number of hydrogen-bond donors (Lipinski definition) is 1. The van der Waals surface area contributed by atoms with Gasteiger partial charge in [0.05, 0.1) is 25.2 Å². The summed E-state index contributed by atoms with van der Waals surface area (Å²) in [6.45, 7) is 3.77. The van der Waals surface area contributed by atoms with Crippen LogP contribution in [0.15, 0.2) is 36.7 Å². The van der Waals surface area contributed by atoms with E-state index >= 15 is 0 Å². The third-order valence-electron chi connectivity index (χ3n) is 6.25. The number of ether oxygens (including phenoxy) is 1. The Morgan fingerprint density at radius 2 is 1.97 bits per heavy atom. The van der Waals surface area contributed by atoms with Crippen LogP contribution in [0, 0.1) is 12.8 Å². The first-order chi connectivity index (χ1) is 14.4. The number of anilines is 1. The Kier molecular flexibility index (Phi) is 5.51. The van der Waals surface area contributed by atoms with Crippen molar-refractivity contribution in [3.8, 4) is 5.75 Å². The van der Waals surface area contributed by atoms with Crippen LogP contribution in [0.5, 0.6) is 5.75 Å². The van der Waals surface area contributed by atoms with Crippen molar-refractivity contribution in [2.45, 2.75) is 38.3 Å². The van der Waals surface area contributed by atoms with E-state index in [4.69, 9.17) is 4.74 Å². The number of aryl methyl sites for hydroxylation is 1. The van der Waals surface area contributed by atoms with Crippen LogP contribution in [0.4, 0.5) is 5.69 Å². The van der Waals surface area contributed by atoms with Crippen LogP contribution in [0.3, 0.4) is 0 Å². The average Bonchev–Trinajstić information content (AvgIpc) is 3.33. The summed E-state index contributed by atoms with van der Waals surface area (Å²) in [5.74, 6) is 1.21. The van der Waals surface area contributed by atoms with Crippen molar-refractivity contribution in [3.05, 3.63) is 42.5 Å². The van der Waals surface area contributed by atoms with E-state index in [0.29, 0.717) is 39.0 Å². The third-order valence-corrected chi connectivity index (χ3v) is 6.25. The van der Waals surface area contributed by atoms with Crippen LogP contribution in [0.25, 0.3) is 0 Å². The number of carbonyl (C=O) groups is 2. The van der Waals surface area contributed by atoms with Crippen molar-refractivity contribution in [2.24, 2.45) is 5.92 Å². The maximum absolute atomic E-state index is 13.0. The zero-order valence-electron chi connectivity index (χ0n) is 17.5. The van der Waals surface area contributed by atoms with Crippen LogP contribution < -0.4 is 9.64 Å². The molecular formula is C22H28N4O4. The van der Waals surface area contributed by atoms with Gasteiger partial charge in [0.2, 0.25) is 11.8 Å². The smallest absolute Gasteiger partial charge is 0.228 e. The SMILES string of the molecule is COc1ccc(N2C[C@H](C(=O)N3CCC(O)(Cn4ccnc4C)CC3)CC2=O)cc1. The fourth-order valence-electron chi connectivity index (χ4n) is 4.33. The molecule has 8 heteroatoms. The monoisotopic (exact) mass is 412 g/mol. The number of methoxy groups -OCH3 is 1. The molecule has 1 N–H and O–H groups in total. The normalized spacial score (nSPS) is 21.2. The number of rotatable bonds is 5. The summed E-state index contributed by atoms with van der Waals surface area (Å²) in [6, 6.07) is 7.29. The number of aromatic nitrogens is 2. The molecule has 0 aliphatic carbocycles. The van der Waals surface area contributed by atoms with Gasteiger partial charge in [-0.05, 0) is 44.0 Å². The van der Waals surface area contributed by atoms with Crippen LogP contribution in [0.1, 0.15) is 25.1 Å². The predicted octanol–water partition coefficient (Wildman–Crippen LogP) is 1.61. The fourth-order valence-corrected chi connectivity index (χ4v) is 4.33. The summed E-state index contributed by atoms with van der Waals surface area (Å²) in [5.41, 5.74) is -0.0668. The highest BCUT2D eigenvalue weighted by atomic mass is 16.5. The van der Waals surface area contributed by atoms with Crippen molar-refractivity contribution in [2.75, 3.05) is 31.6 Å². The van der Waals surface area contributed by atoms with Gasteiger partial charge in [-0.25, -0.2) is 4.98 Å². The first kappa shape index (κ1) is 20.4. The lowest BCUT2D eigenvalue weighted by atomic mass is 9.90. The highest BCUT2D eigenvalue weighted by Gasteiger charge is 2.40. The molecule has 2 saturated heterocycles. The summed E-state index contributed by atoms with van der Waals surface area (Å²) in [4.78, 5) is 33.2. The minimum absolute atomic E-state index is 0.000207. The molecule has 1 aromatic heterocycles. The summed E-state index contributed by atoms with van der Waals surface area (Å²) in [5, 5.41) is 10.9. The van der Waals surface area contributed by atoms with Crippen molar-refractivity contribution >= 4 is 17.5 Å². The summed E-state index contributed by atoms with van der Waals surface area (Å²) in [6.07, 6.45) is 4.84. The number of likely N-dealkylation sites (tertiary alicyclic amines) is 1. The largest absolute Gasteiger partial charge is 0.497 e. The van der Waals surface area contributed by atoms with E-state index in [1.54, 1.807) is 23.1 Å². The lowest BCUT2D eigenvalue weighted by molar-refractivity contribution is -0.140. The minimum atomic E-state index is -0.844. The first-order valence-electron chi connectivity index (χ1n) is 10.3. The summed E-state index contributed by atoms with van der Waals surface area (Å²) >= 11 is 0. The molecule has 3 heterocycles. The Morgan fingerprint density at radius 3 is 2.57 bits per heavy atom. The highest BCUT2D eigenvalue weighted by molar-refractivity contribution is 6.00. The molecule has 0 bridgehead atoms. The maximum atomic E-state index is 13.0. The standard InChI is InChI=1S/C22H28N4O4/c1-16-23-9-12-25(16)15-22(29)7-10-24(11-8-22)21(28)17-13-20(27)26(14-17)18-3-5-19(30-2)6-4-18/h3-6,9,12,17,29H,7-8,10-11,13-15H2,1-2H3/t17-/m1/s1. The van der Waals surface area contributed by atoms with E-state index in [2.05, 4.69) is 4.98 Å². The molecule has 2 aliphatic heterocycles. The van der Waals surface area contributed by atoms with Crippen molar-refractivity contribution in [3.63, 3.8) is 0 Å². The number of amides is 2. The fraction of sp³-hybridized carbons (Fsp3) is 0.500. The van der Waals surface area contributed by atoms with Crippen LogP contribution in [-0.2, 0) is 16.1 Å². The Labute approximate surface area is 176 Å². The van der Waals surface area contributed by atoms with Gasteiger partial charge in [0.1, 0.15) is 11.6 Å². The molecule has 0 unspecified atom stereocenters. The van der Waals surface area contributed by atoms with E-state index in [0.717, 1.165) is 17.3 Å². The minimum Gasteiger partial charge on any atom is -0.497 e. The van der Waals surface area contributed by atoms with E-state index in [-0.39, 0.29) is 24.2 Å². The molecule has 0 radical (unpaired) electrons. The Morgan fingerprint density at radius 1 is 1.27 bits per heavy atom. The van der Waals surface area contributed by atoms with Crippen LogP contribution in [-0.4, -0.2) is 63.7 Å². The molecule has 1 atom stereocenters. The van der Waals surface area contributed by atoms with Gasteiger partial charge in [0.25, 0.3) is 0 Å². The van der Waals surface area contributed by atoms with Crippen molar-refractivity contribution in [1.29, 1.82) is 0 Å². The molecular weight excluding hydrogens is 384 g/mol. The highest BCUT2D eigenvalue weighted by Crippen LogP contribution is 2.30. The van der Waals surface area contributed by atoms with E-state index in [1.807, 2.05) is 42.0 Å². The van der Waals surface area contributed by atoms with E-state index in [9.17, 15) is 14.7 Å². The second kappa shape index (κ2) is 8.10. The van der Waals surface area contributed by atoms with Gasteiger partial charge in [-0.3, -0.25) is 9.59 Å². The maximum Gasteiger partial charge on any atom is 0.228 e. The molecule has 4 rings (SSSR count). The van der Waals surface area contributed by atoms with E-state index in [1.165, 1.54) is 0 Å². The molecule has 0 spiro atoms. The second-order valence-electron chi connectivity index (χ2n) is 8.26. The quantitative estimate of drug-likeness (QED) is 0.806. The third kappa shape index (κ3) is 4.05. The molecule has 30 heavy (non-hydrogen) atoms. The number of imidazole rings is 1. The molecule has 2 aromatic rings. The molecule has 0 saturated carbocycles. The van der Waals surface area contributed by atoms with Gasteiger partial charge < -0.3 is 24.2 Å². The number of carbonyl (C=O) groups excluding carboxylic acids is 2. The molecule has 1 aromatic carbocycles. The summed E-state index contributed by atoms with van der Waals surface area (Å²) < 4.78 is 7.11. The second-order valence-corrected chi connectivity index (χ2v) is 8.26. The average molecular weight is 412 g/mol. The number of hydrogen-bond acceptors (Lipinski definition) is 5. The number of nitrogens with zero attached hydrogens (tertiary/aromatic N) is 4. The zero-order chi connectivity index (χ0) is 21.3. The van der Waals surface area contributed by atoms with Gasteiger partial charge in [0.15, 0.2) is 0 Å². The number of benzene rings is 1. The number of aliphatic hydroxyl groups is 1. The molecule has 2 fully saturated rings. The Balaban J connectivity index is 1.35. The van der Waals surface area contributed by atoms with Gasteiger partial charge >= 0.3 is 0 Å². The van der Waals surface area contributed by atoms with Crippen molar-refractivity contribution in [1.82, 2.24) is 14.5 Å². The number of piperidine rings is 1.